The minimum absolute atomic E-state index is 0.0445. The van der Waals surface area contributed by atoms with Crippen LogP contribution in [0.3, 0.4) is 0 Å². The van der Waals surface area contributed by atoms with E-state index in [0.717, 1.165) is 22.3 Å². The summed E-state index contributed by atoms with van der Waals surface area (Å²) in [7, 11) is 0. The standard InChI is InChI=1S/C27H23ClFNO5/c28-17-10-9-16(24(29)11-17)14-34-18-12-25(26(31)32)30(13-18)27(33)35-15-23-21-7-3-1-5-19(21)20-6-2-4-8-22(20)23/h1-11,18,23,25H,12-15H2,(H,31,32)/t18-,25+/m1/s1. The van der Waals surface area contributed by atoms with E-state index >= 15 is 0 Å². The Bertz CT molecular complexity index is 1240. The zero-order valence-corrected chi connectivity index (χ0v) is 19.5. The lowest BCUT2D eigenvalue weighted by molar-refractivity contribution is -0.141. The Kier molecular flexibility index (Phi) is 6.45. The van der Waals surface area contributed by atoms with Crippen molar-refractivity contribution >= 4 is 23.7 Å². The fourth-order valence-corrected chi connectivity index (χ4v) is 5.04. The van der Waals surface area contributed by atoms with Crippen molar-refractivity contribution in [2.45, 2.75) is 31.1 Å². The van der Waals surface area contributed by atoms with Gasteiger partial charge in [-0.3, -0.25) is 4.90 Å². The van der Waals surface area contributed by atoms with Gasteiger partial charge in [0.2, 0.25) is 0 Å². The molecule has 2 atom stereocenters. The minimum Gasteiger partial charge on any atom is -0.480 e. The summed E-state index contributed by atoms with van der Waals surface area (Å²) in [4.78, 5) is 26.0. The Morgan fingerprint density at radius 1 is 1.03 bits per heavy atom. The molecule has 2 aliphatic rings. The van der Waals surface area contributed by atoms with Crippen LogP contribution in [0.15, 0.2) is 66.7 Å². The van der Waals surface area contributed by atoms with Crippen molar-refractivity contribution in [1.82, 2.24) is 4.90 Å². The number of carbonyl (C=O) groups is 2. The molecule has 3 aromatic carbocycles. The number of likely N-dealkylation sites (tertiary alicyclic amines) is 1. The van der Waals surface area contributed by atoms with Crippen LogP contribution in [0.1, 0.15) is 29.0 Å². The first-order valence-electron chi connectivity index (χ1n) is 11.3. The molecule has 0 radical (unpaired) electrons. The van der Waals surface area contributed by atoms with Crippen molar-refractivity contribution < 1.29 is 28.6 Å². The van der Waals surface area contributed by atoms with Gasteiger partial charge >= 0.3 is 12.1 Å². The number of benzene rings is 3. The van der Waals surface area contributed by atoms with Crippen LogP contribution in [0.25, 0.3) is 11.1 Å². The quantitative estimate of drug-likeness (QED) is 0.490. The minimum atomic E-state index is -1.14. The number of carboxylic acid groups (broad SMARTS) is 1. The van der Waals surface area contributed by atoms with Gasteiger partial charge in [-0.25, -0.2) is 14.0 Å². The molecule has 180 valence electrons. The van der Waals surface area contributed by atoms with Crippen LogP contribution >= 0.6 is 11.6 Å². The number of hydrogen-bond donors (Lipinski definition) is 1. The van der Waals surface area contributed by atoms with Gasteiger partial charge in [0.05, 0.1) is 19.3 Å². The maximum absolute atomic E-state index is 14.1. The summed E-state index contributed by atoms with van der Waals surface area (Å²) in [6.07, 6.45) is -1.18. The summed E-state index contributed by atoms with van der Waals surface area (Å²) in [6, 6.07) is 19.2. The monoisotopic (exact) mass is 495 g/mol. The fraction of sp³-hybridized carbons (Fsp3) is 0.259. The second-order valence-electron chi connectivity index (χ2n) is 8.71. The van der Waals surface area contributed by atoms with Crippen molar-refractivity contribution in [3.05, 3.63) is 94.3 Å². The van der Waals surface area contributed by atoms with E-state index in [1.807, 2.05) is 48.5 Å². The van der Waals surface area contributed by atoms with E-state index in [-0.39, 0.29) is 37.1 Å². The van der Waals surface area contributed by atoms with E-state index in [1.165, 1.54) is 17.0 Å². The highest BCUT2D eigenvalue weighted by Crippen LogP contribution is 2.44. The molecule has 1 aliphatic carbocycles. The summed E-state index contributed by atoms with van der Waals surface area (Å²) >= 11 is 5.78. The molecule has 1 heterocycles. The van der Waals surface area contributed by atoms with E-state index in [4.69, 9.17) is 21.1 Å². The van der Waals surface area contributed by atoms with E-state index in [2.05, 4.69) is 0 Å². The topological polar surface area (TPSA) is 76.1 Å². The lowest BCUT2D eigenvalue weighted by atomic mass is 9.98. The molecule has 3 aromatic rings. The number of carboxylic acids is 1. The van der Waals surface area contributed by atoms with Gasteiger partial charge in [0.15, 0.2) is 0 Å². The van der Waals surface area contributed by atoms with Crippen molar-refractivity contribution in [2.24, 2.45) is 0 Å². The van der Waals surface area contributed by atoms with Gasteiger partial charge in [-0.05, 0) is 34.4 Å². The van der Waals surface area contributed by atoms with Crippen molar-refractivity contribution in [1.29, 1.82) is 0 Å². The maximum Gasteiger partial charge on any atom is 0.410 e. The first-order chi connectivity index (χ1) is 16.9. The Hall–Kier alpha value is -3.42. The van der Waals surface area contributed by atoms with Crippen LogP contribution in [0.4, 0.5) is 9.18 Å². The van der Waals surface area contributed by atoms with Crippen LogP contribution in [-0.4, -0.2) is 47.4 Å². The number of fused-ring (bicyclic) bond motifs is 3. The van der Waals surface area contributed by atoms with E-state index in [9.17, 15) is 19.1 Å². The largest absolute Gasteiger partial charge is 0.480 e. The van der Waals surface area contributed by atoms with Gasteiger partial charge in [-0.2, -0.15) is 0 Å². The summed E-state index contributed by atoms with van der Waals surface area (Å²) < 4.78 is 25.4. The zero-order chi connectivity index (χ0) is 24.5. The predicted molar refractivity (Wildman–Crippen MR) is 128 cm³/mol. The molecule has 1 amide bonds. The second-order valence-corrected chi connectivity index (χ2v) is 9.15. The third kappa shape index (κ3) is 4.61. The number of hydrogen-bond acceptors (Lipinski definition) is 4. The zero-order valence-electron chi connectivity index (χ0n) is 18.7. The summed E-state index contributed by atoms with van der Waals surface area (Å²) in [5, 5.41) is 9.95. The van der Waals surface area contributed by atoms with E-state index in [1.54, 1.807) is 6.07 Å². The van der Waals surface area contributed by atoms with Crippen LogP contribution in [-0.2, 0) is 20.9 Å². The average Bonchev–Trinajstić information content (AvgIpc) is 3.42. The Balaban J connectivity index is 1.25. The second kappa shape index (κ2) is 9.68. The number of carbonyl (C=O) groups excluding carboxylic acids is 1. The van der Waals surface area contributed by atoms with Gasteiger partial charge in [-0.1, -0.05) is 66.2 Å². The number of nitrogens with zero attached hydrogens (tertiary/aromatic N) is 1. The first kappa shape index (κ1) is 23.3. The lowest BCUT2D eigenvalue weighted by Gasteiger charge is -2.22. The summed E-state index contributed by atoms with van der Waals surface area (Å²) in [5.41, 5.74) is 4.67. The highest BCUT2D eigenvalue weighted by molar-refractivity contribution is 6.30. The number of halogens is 2. The summed E-state index contributed by atoms with van der Waals surface area (Å²) in [5.74, 6) is -1.77. The molecule has 1 aliphatic heterocycles. The van der Waals surface area contributed by atoms with Crippen molar-refractivity contribution in [3.8, 4) is 11.1 Å². The van der Waals surface area contributed by atoms with Crippen LogP contribution in [0, 0.1) is 5.82 Å². The van der Waals surface area contributed by atoms with Gasteiger partial charge in [-0.15, -0.1) is 0 Å². The van der Waals surface area contributed by atoms with Crippen LogP contribution < -0.4 is 0 Å². The van der Waals surface area contributed by atoms with Gasteiger partial charge in [0.1, 0.15) is 18.5 Å². The molecule has 1 saturated heterocycles. The molecule has 0 aromatic heterocycles. The van der Waals surface area contributed by atoms with Gasteiger partial charge in [0, 0.05) is 22.9 Å². The van der Waals surface area contributed by atoms with E-state index < -0.39 is 30.0 Å². The van der Waals surface area contributed by atoms with E-state index in [0.29, 0.717) is 5.56 Å². The van der Waals surface area contributed by atoms with Gasteiger partial charge < -0.3 is 14.6 Å². The SMILES string of the molecule is O=C(O)[C@@H]1C[C@@H](OCc2ccc(Cl)cc2F)CN1C(=O)OCC1c2ccccc2-c2ccccc21. The molecule has 0 unspecified atom stereocenters. The molecule has 1 N–H and O–H groups in total. The smallest absolute Gasteiger partial charge is 0.410 e. The van der Waals surface area contributed by atoms with Crippen molar-refractivity contribution in [2.75, 3.05) is 13.2 Å². The highest BCUT2D eigenvalue weighted by atomic mass is 35.5. The number of amides is 1. The Labute approximate surface area is 206 Å². The molecule has 8 heteroatoms. The highest BCUT2D eigenvalue weighted by Gasteiger charge is 2.41. The normalized spacial score (nSPS) is 18.9. The van der Waals surface area contributed by atoms with Gasteiger partial charge in [0.25, 0.3) is 0 Å². The molecule has 0 spiro atoms. The summed E-state index contributed by atoms with van der Waals surface area (Å²) in [6.45, 7) is 0.0819. The lowest BCUT2D eigenvalue weighted by Crippen LogP contribution is -2.41. The third-order valence-corrected chi connectivity index (χ3v) is 6.84. The molecule has 5 rings (SSSR count). The molecule has 1 fully saturated rings. The van der Waals surface area contributed by atoms with Crippen molar-refractivity contribution in [3.63, 3.8) is 0 Å². The predicted octanol–water partition coefficient (Wildman–Crippen LogP) is 5.47. The molecule has 0 saturated carbocycles. The Morgan fingerprint density at radius 2 is 1.69 bits per heavy atom. The average molecular weight is 496 g/mol. The molecule has 35 heavy (non-hydrogen) atoms. The Morgan fingerprint density at radius 3 is 2.31 bits per heavy atom. The third-order valence-electron chi connectivity index (χ3n) is 6.61. The number of ether oxygens (including phenoxy) is 2. The molecule has 0 bridgehead atoms. The fourth-order valence-electron chi connectivity index (χ4n) is 4.88. The van der Waals surface area contributed by atoms with Crippen LogP contribution in [0.5, 0.6) is 0 Å². The molecule has 6 nitrogen and oxygen atoms in total. The maximum atomic E-state index is 14.1. The number of aliphatic carboxylic acids is 1. The molecular weight excluding hydrogens is 473 g/mol. The first-order valence-corrected chi connectivity index (χ1v) is 11.7. The molecular formula is C27H23ClFNO5. The number of rotatable bonds is 6. The van der Waals surface area contributed by atoms with Crippen LogP contribution in [0.2, 0.25) is 5.02 Å².